The molecule has 0 spiro atoms. The molecule has 2 aromatic carbocycles. The van der Waals surface area contributed by atoms with E-state index in [1.165, 1.54) is 0 Å². The van der Waals surface area contributed by atoms with E-state index >= 15 is 0 Å². The molecule has 0 aliphatic heterocycles. The van der Waals surface area contributed by atoms with E-state index in [-0.39, 0.29) is 12.4 Å². The molecule has 0 bridgehead atoms. The van der Waals surface area contributed by atoms with Gasteiger partial charge in [-0.05, 0) is 61.4 Å². The number of methoxy groups -OCH3 is 1. The molecule has 0 aliphatic carbocycles. The number of carbonyl (C=O) groups excluding carboxylic acids is 1. The zero-order chi connectivity index (χ0) is 15.4. The number of hydrogen-bond acceptors (Lipinski definition) is 3. The Hall–Kier alpha value is -1.81. The van der Waals surface area contributed by atoms with Gasteiger partial charge < -0.3 is 9.47 Å². The quantitative estimate of drug-likeness (QED) is 0.754. The van der Waals surface area contributed by atoms with Gasteiger partial charge in [0.25, 0.3) is 0 Å². The van der Waals surface area contributed by atoms with Crippen LogP contribution in [0.1, 0.15) is 21.5 Å². The Balaban J connectivity index is 2.03. The van der Waals surface area contributed by atoms with Gasteiger partial charge in [-0.15, -0.1) is 0 Å². The molecular weight excluding hydrogens is 332 g/mol. The lowest BCUT2D eigenvalue weighted by Crippen LogP contribution is -2.11. The number of aryl methyl sites for hydroxylation is 2. The van der Waals surface area contributed by atoms with Gasteiger partial charge in [0.15, 0.2) is 12.4 Å². The van der Waals surface area contributed by atoms with Crippen LogP contribution in [0.5, 0.6) is 11.5 Å². The highest BCUT2D eigenvalue weighted by molar-refractivity contribution is 9.10. The molecule has 0 aromatic heterocycles. The van der Waals surface area contributed by atoms with E-state index in [4.69, 9.17) is 9.47 Å². The van der Waals surface area contributed by atoms with Crippen molar-refractivity contribution in [2.45, 2.75) is 13.8 Å². The van der Waals surface area contributed by atoms with Gasteiger partial charge in [-0.3, -0.25) is 4.79 Å². The van der Waals surface area contributed by atoms with Gasteiger partial charge in [0.05, 0.1) is 7.11 Å². The summed E-state index contributed by atoms with van der Waals surface area (Å²) in [6.07, 6.45) is 0. The van der Waals surface area contributed by atoms with Crippen molar-refractivity contribution in [2.75, 3.05) is 13.7 Å². The lowest BCUT2D eigenvalue weighted by Gasteiger charge is -2.10. The van der Waals surface area contributed by atoms with E-state index in [1.54, 1.807) is 31.4 Å². The van der Waals surface area contributed by atoms with Gasteiger partial charge in [0.1, 0.15) is 11.5 Å². The van der Waals surface area contributed by atoms with Crippen molar-refractivity contribution >= 4 is 21.7 Å². The molecule has 2 aromatic rings. The molecule has 0 unspecified atom stereocenters. The molecule has 0 saturated carbocycles. The molecule has 4 heteroatoms. The van der Waals surface area contributed by atoms with Crippen LogP contribution in [0.25, 0.3) is 0 Å². The highest BCUT2D eigenvalue weighted by Crippen LogP contribution is 2.26. The summed E-state index contributed by atoms with van der Waals surface area (Å²) in [5, 5.41) is 0. The molecule has 0 amide bonds. The monoisotopic (exact) mass is 348 g/mol. The number of carbonyl (C=O) groups is 1. The largest absolute Gasteiger partial charge is 0.497 e. The Kier molecular flexibility index (Phi) is 5.02. The highest BCUT2D eigenvalue weighted by atomic mass is 79.9. The molecule has 3 nitrogen and oxygen atoms in total. The van der Waals surface area contributed by atoms with Gasteiger partial charge in [0.2, 0.25) is 0 Å². The molecule has 0 fully saturated rings. The van der Waals surface area contributed by atoms with Crippen LogP contribution in [0.4, 0.5) is 0 Å². The molecule has 110 valence electrons. The topological polar surface area (TPSA) is 35.5 Å². The molecule has 0 atom stereocenters. The highest BCUT2D eigenvalue weighted by Gasteiger charge is 2.09. The summed E-state index contributed by atoms with van der Waals surface area (Å²) in [5.41, 5.74) is 2.78. The molecule has 21 heavy (non-hydrogen) atoms. The zero-order valence-corrected chi connectivity index (χ0v) is 13.9. The van der Waals surface area contributed by atoms with Crippen molar-refractivity contribution in [2.24, 2.45) is 0 Å². The van der Waals surface area contributed by atoms with Gasteiger partial charge in [-0.1, -0.05) is 15.9 Å². The van der Waals surface area contributed by atoms with Crippen molar-refractivity contribution in [3.8, 4) is 11.5 Å². The summed E-state index contributed by atoms with van der Waals surface area (Å²) in [6, 6.07) is 10.8. The molecule has 0 aliphatic rings. The maximum atomic E-state index is 12.1. The van der Waals surface area contributed by atoms with Gasteiger partial charge in [-0.25, -0.2) is 0 Å². The number of benzene rings is 2. The van der Waals surface area contributed by atoms with E-state index in [0.29, 0.717) is 11.3 Å². The predicted molar refractivity (Wildman–Crippen MR) is 86.4 cm³/mol. The number of Topliss-reactive ketones (excluding diaryl/α,β-unsaturated/α-hetero) is 1. The first-order chi connectivity index (χ1) is 10.0. The van der Waals surface area contributed by atoms with Gasteiger partial charge in [0, 0.05) is 10.0 Å². The van der Waals surface area contributed by atoms with Crippen LogP contribution < -0.4 is 9.47 Å². The summed E-state index contributed by atoms with van der Waals surface area (Å²) >= 11 is 3.51. The van der Waals surface area contributed by atoms with Crippen LogP contribution >= 0.6 is 15.9 Å². The normalized spacial score (nSPS) is 10.3. The summed E-state index contributed by atoms with van der Waals surface area (Å²) in [4.78, 5) is 12.1. The van der Waals surface area contributed by atoms with E-state index in [1.807, 2.05) is 26.0 Å². The van der Waals surface area contributed by atoms with Crippen LogP contribution in [0.3, 0.4) is 0 Å². The number of halogens is 1. The van der Waals surface area contributed by atoms with Crippen LogP contribution in [-0.4, -0.2) is 19.5 Å². The maximum Gasteiger partial charge on any atom is 0.200 e. The standard InChI is InChI=1S/C17H17BrO3/c1-11-8-15(9-12(2)17(11)18)21-10-16(19)13-4-6-14(20-3)7-5-13/h4-9H,10H2,1-3H3. The third-order valence-corrected chi connectivity index (χ3v) is 4.44. The Morgan fingerprint density at radius 1 is 1.05 bits per heavy atom. The molecule has 0 saturated heterocycles. The number of ether oxygens (including phenoxy) is 2. The van der Waals surface area contributed by atoms with Crippen LogP contribution in [0, 0.1) is 13.8 Å². The second-order valence-electron chi connectivity index (χ2n) is 4.81. The van der Waals surface area contributed by atoms with Crippen molar-refractivity contribution in [1.29, 1.82) is 0 Å². The predicted octanol–water partition coefficient (Wildman–Crippen LogP) is 4.34. The van der Waals surface area contributed by atoms with E-state index in [2.05, 4.69) is 15.9 Å². The minimum absolute atomic E-state index is 0.0207. The first kappa shape index (κ1) is 15.6. The fourth-order valence-electron chi connectivity index (χ4n) is 2.00. The van der Waals surface area contributed by atoms with E-state index in [0.717, 1.165) is 21.3 Å². The summed E-state index contributed by atoms with van der Waals surface area (Å²) in [5.74, 6) is 1.37. The molecule has 2 rings (SSSR count). The number of rotatable bonds is 5. The molecule has 0 radical (unpaired) electrons. The number of ketones is 1. The fourth-order valence-corrected chi connectivity index (χ4v) is 2.23. The van der Waals surface area contributed by atoms with Crippen molar-refractivity contribution < 1.29 is 14.3 Å². The van der Waals surface area contributed by atoms with E-state index < -0.39 is 0 Å². The second kappa shape index (κ2) is 6.76. The molecular formula is C17H17BrO3. The lowest BCUT2D eigenvalue weighted by atomic mass is 10.1. The van der Waals surface area contributed by atoms with Crippen molar-refractivity contribution in [1.82, 2.24) is 0 Å². The zero-order valence-electron chi connectivity index (χ0n) is 12.3. The van der Waals surface area contributed by atoms with Crippen molar-refractivity contribution in [3.63, 3.8) is 0 Å². The maximum absolute atomic E-state index is 12.1. The van der Waals surface area contributed by atoms with Crippen LogP contribution in [-0.2, 0) is 0 Å². The summed E-state index contributed by atoms with van der Waals surface area (Å²) in [7, 11) is 1.60. The fraction of sp³-hybridized carbons (Fsp3) is 0.235. The Morgan fingerprint density at radius 3 is 2.14 bits per heavy atom. The Labute approximate surface area is 133 Å². The second-order valence-corrected chi connectivity index (χ2v) is 5.60. The average molecular weight is 349 g/mol. The number of hydrogen-bond donors (Lipinski definition) is 0. The van der Waals surface area contributed by atoms with E-state index in [9.17, 15) is 4.79 Å². The summed E-state index contributed by atoms with van der Waals surface area (Å²) in [6.45, 7) is 4.01. The smallest absolute Gasteiger partial charge is 0.200 e. The first-order valence-electron chi connectivity index (χ1n) is 6.58. The summed E-state index contributed by atoms with van der Waals surface area (Å²) < 4.78 is 11.7. The minimum Gasteiger partial charge on any atom is -0.497 e. The molecule has 0 heterocycles. The Bertz CT molecular complexity index is 625. The minimum atomic E-state index is -0.0594. The van der Waals surface area contributed by atoms with Gasteiger partial charge in [-0.2, -0.15) is 0 Å². The Morgan fingerprint density at radius 2 is 1.62 bits per heavy atom. The third-order valence-electron chi connectivity index (χ3n) is 3.19. The molecule has 0 N–H and O–H groups in total. The van der Waals surface area contributed by atoms with Crippen LogP contribution in [0.2, 0.25) is 0 Å². The third kappa shape index (κ3) is 3.85. The van der Waals surface area contributed by atoms with Gasteiger partial charge >= 0.3 is 0 Å². The lowest BCUT2D eigenvalue weighted by molar-refractivity contribution is 0.0921. The first-order valence-corrected chi connectivity index (χ1v) is 7.37. The SMILES string of the molecule is COc1ccc(C(=O)COc2cc(C)c(Br)c(C)c2)cc1. The van der Waals surface area contributed by atoms with Crippen molar-refractivity contribution in [3.05, 3.63) is 57.6 Å². The average Bonchev–Trinajstić information content (AvgIpc) is 2.50. The van der Waals surface area contributed by atoms with Crippen LogP contribution in [0.15, 0.2) is 40.9 Å².